The molecular weight excluding hydrogens is 180 g/mol. The lowest BCUT2D eigenvalue weighted by atomic mass is 10.3. The Kier molecular flexibility index (Phi) is 1.89. The second kappa shape index (κ2) is 3.06. The molecule has 1 aromatic carbocycles. The predicted octanol–water partition coefficient (Wildman–Crippen LogP) is 0.882. The normalized spacial score (nSPS) is 10.4. The van der Waals surface area contributed by atoms with E-state index in [9.17, 15) is 4.79 Å². The van der Waals surface area contributed by atoms with Crippen molar-refractivity contribution < 1.29 is 5.11 Å². The molecule has 1 heterocycles. The van der Waals surface area contributed by atoms with E-state index in [-0.39, 0.29) is 11.4 Å². The van der Waals surface area contributed by atoms with Crippen molar-refractivity contribution in [2.75, 3.05) is 0 Å². The molecule has 4 nitrogen and oxygen atoms in total. The summed E-state index contributed by atoms with van der Waals surface area (Å²) in [4.78, 5) is 11.5. The Bertz CT molecular complexity index is 494. The Balaban J connectivity index is 2.55. The molecule has 0 saturated carbocycles. The van der Waals surface area contributed by atoms with Gasteiger partial charge < -0.3 is 9.67 Å². The van der Waals surface area contributed by atoms with Gasteiger partial charge in [-0.05, 0) is 24.3 Å². The fraction of sp³-hybridized carbons (Fsp3) is 0.100. The first-order valence-electron chi connectivity index (χ1n) is 4.22. The van der Waals surface area contributed by atoms with E-state index in [0.29, 0.717) is 0 Å². The zero-order chi connectivity index (χ0) is 10.1. The van der Waals surface area contributed by atoms with Gasteiger partial charge in [-0.3, -0.25) is 4.57 Å². The van der Waals surface area contributed by atoms with Crippen LogP contribution < -0.4 is 5.69 Å². The minimum atomic E-state index is -0.101. The first kappa shape index (κ1) is 8.62. The molecule has 0 aliphatic rings. The number of phenols is 1. The molecule has 2 aromatic rings. The van der Waals surface area contributed by atoms with Crippen LogP contribution in [0.5, 0.6) is 5.75 Å². The second-order valence-electron chi connectivity index (χ2n) is 3.08. The quantitative estimate of drug-likeness (QED) is 0.725. The third-order valence-corrected chi connectivity index (χ3v) is 2.08. The summed E-state index contributed by atoms with van der Waals surface area (Å²) in [7, 11) is 1.69. The van der Waals surface area contributed by atoms with E-state index in [0.717, 1.165) is 5.69 Å². The fourth-order valence-electron chi connectivity index (χ4n) is 1.27. The van der Waals surface area contributed by atoms with Gasteiger partial charge in [-0.1, -0.05) is 0 Å². The fourth-order valence-corrected chi connectivity index (χ4v) is 1.27. The number of phenolic OH excluding ortho intramolecular Hbond substituents is 1. The summed E-state index contributed by atoms with van der Waals surface area (Å²) in [5.41, 5.74) is 0.643. The maximum Gasteiger partial charge on any atom is 0.332 e. The third kappa shape index (κ3) is 1.31. The third-order valence-electron chi connectivity index (χ3n) is 2.08. The van der Waals surface area contributed by atoms with Gasteiger partial charge in [0.05, 0.1) is 5.69 Å². The topological polar surface area (TPSA) is 47.2 Å². The van der Waals surface area contributed by atoms with Crippen LogP contribution in [0.15, 0.2) is 41.5 Å². The van der Waals surface area contributed by atoms with Crippen LogP contribution in [-0.2, 0) is 7.05 Å². The number of rotatable bonds is 1. The molecule has 0 spiro atoms. The van der Waals surface area contributed by atoms with E-state index in [4.69, 9.17) is 5.11 Å². The SMILES string of the molecule is Cn1ccn(-c2ccc(O)cc2)c1=O. The molecule has 1 aromatic heterocycles. The van der Waals surface area contributed by atoms with Crippen molar-refractivity contribution in [3.05, 3.63) is 47.1 Å². The second-order valence-corrected chi connectivity index (χ2v) is 3.08. The Morgan fingerprint density at radius 2 is 1.79 bits per heavy atom. The van der Waals surface area contributed by atoms with Crippen LogP contribution in [0.3, 0.4) is 0 Å². The standard InChI is InChI=1S/C10H10N2O2/c1-11-6-7-12(10(11)14)8-2-4-9(13)5-3-8/h2-7,13H,1H3. The van der Waals surface area contributed by atoms with E-state index in [1.165, 1.54) is 9.13 Å². The summed E-state index contributed by atoms with van der Waals surface area (Å²) in [6.07, 6.45) is 3.38. The molecule has 14 heavy (non-hydrogen) atoms. The molecule has 4 heteroatoms. The van der Waals surface area contributed by atoms with Gasteiger partial charge in [0, 0.05) is 19.4 Å². The highest BCUT2D eigenvalue weighted by molar-refractivity contribution is 5.36. The van der Waals surface area contributed by atoms with Crippen LogP contribution in [0, 0.1) is 0 Å². The van der Waals surface area contributed by atoms with E-state index in [1.54, 1.807) is 43.7 Å². The number of nitrogens with zero attached hydrogens (tertiary/aromatic N) is 2. The highest BCUT2D eigenvalue weighted by Crippen LogP contribution is 2.11. The van der Waals surface area contributed by atoms with Crippen molar-refractivity contribution in [3.8, 4) is 11.4 Å². The van der Waals surface area contributed by atoms with Crippen LogP contribution in [-0.4, -0.2) is 14.2 Å². The molecule has 0 radical (unpaired) electrons. The lowest BCUT2D eigenvalue weighted by Gasteiger charge is -2.00. The monoisotopic (exact) mass is 190 g/mol. The predicted molar refractivity (Wildman–Crippen MR) is 52.7 cm³/mol. The van der Waals surface area contributed by atoms with Gasteiger partial charge in [-0.2, -0.15) is 0 Å². The van der Waals surface area contributed by atoms with Gasteiger partial charge in [-0.15, -0.1) is 0 Å². The van der Waals surface area contributed by atoms with E-state index < -0.39 is 0 Å². The molecule has 0 fully saturated rings. The van der Waals surface area contributed by atoms with Crippen molar-refractivity contribution in [1.29, 1.82) is 0 Å². The van der Waals surface area contributed by atoms with Crippen LogP contribution in [0.4, 0.5) is 0 Å². The summed E-state index contributed by atoms with van der Waals surface area (Å²) in [5, 5.41) is 9.09. The number of hydrogen-bond donors (Lipinski definition) is 1. The minimum Gasteiger partial charge on any atom is -0.508 e. The smallest absolute Gasteiger partial charge is 0.332 e. The van der Waals surface area contributed by atoms with Gasteiger partial charge in [0.2, 0.25) is 0 Å². The van der Waals surface area contributed by atoms with Crippen molar-refractivity contribution in [1.82, 2.24) is 9.13 Å². The Morgan fingerprint density at radius 3 is 2.29 bits per heavy atom. The highest BCUT2D eigenvalue weighted by Gasteiger charge is 2.01. The zero-order valence-corrected chi connectivity index (χ0v) is 7.71. The van der Waals surface area contributed by atoms with E-state index in [2.05, 4.69) is 0 Å². The lowest BCUT2D eigenvalue weighted by molar-refractivity contribution is 0.475. The van der Waals surface area contributed by atoms with Gasteiger partial charge in [0.1, 0.15) is 5.75 Å². The first-order valence-corrected chi connectivity index (χ1v) is 4.22. The average molecular weight is 190 g/mol. The summed E-state index contributed by atoms with van der Waals surface area (Å²) in [6.45, 7) is 0. The summed E-state index contributed by atoms with van der Waals surface area (Å²) in [6, 6.07) is 6.48. The average Bonchev–Trinajstić information content (AvgIpc) is 2.50. The minimum absolute atomic E-state index is 0.101. The molecule has 0 unspecified atom stereocenters. The van der Waals surface area contributed by atoms with Crippen molar-refractivity contribution in [3.63, 3.8) is 0 Å². The molecule has 0 saturated heterocycles. The number of imidazole rings is 1. The largest absolute Gasteiger partial charge is 0.508 e. The summed E-state index contributed by atoms with van der Waals surface area (Å²) >= 11 is 0. The van der Waals surface area contributed by atoms with Crippen LogP contribution in [0.25, 0.3) is 5.69 Å². The maximum atomic E-state index is 11.5. The van der Waals surface area contributed by atoms with Crippen LogP contribution in [0.2, 0.25) is 0 Å². The van der Waals surface area contributed by atoms with Crippen LogP contribution in [0.1, 0.15) is 0 Å². The van der Waals surface area contributed by atoms with Crippen LogP contribution >= 0.6 is 0 Å². The highest BCUT2D eigenvalue weighted by atomic mass is 16.3. The molecule has 0 amide bonds. The Morgan fingerprint density at radius 1 is 1.14 bits per heavy atom. The molecule has 0 aliphatic carbocycles. The number of aryl methyl sites for hydroxylation is 1. The molecule has 0 bridgehead atoms. The van der Waals surface area contributed by atoms with Crippen molar-refractivity contribution >= 4 is 0 Å². The molecule has 2 rings (SSSR count). The van der Waals surface area contributed by atoms with Gasteiger partial charge >= 0.3 is 5.69 Å². The Hall–Kier alpha value is -1.97. The maximum absolute atomic E-state index is 11.5. The number of aromatic hydroxyl groups is 1. The summed E-state index contributed by atoms with van der Waals surface area (Å²) in [5.74, 6) is 0.192. The number of benzene rings is 1. The lowest BCUT2D eigenvalue weighted by Crippen LogP contribution is -2.20. The van der Waals surface area contributed by atoms with Gasteiger partial charge in [0.25, 0.3) is 0 Å². The molecular formula is C10H10N2O2. The molecule has 0 atom stereocenters. The first-order chi connectivity index (χ1) is 6.68. The van der Waals surface area contributed by atoms with Gasteiger partial charge in [-0.25, -0.2) is 4.79 Å². The Labute approximate surface area is 80.7 Å². The molecule has 0 aliphatic heterocycles. The molecule has 72 valence electrons. The van der Waals surface area contributed by atoms with Crippen molar-refractivity contribution in [2.24, 2.45) is 7.05 Å². The van der Waals surface area contributed by atoms with E-state index in [1.807, 2.05) is 0 Å². The van der Waals surface area contributed by atoms with E-state index >= 15 is 0 Å². The van der Waals surface area contributed by atoms with Crippen molar-refractivity contribution in [2.45, 2.75) is 0 Å². The number of aromatic nitrogens is 2. The van der Waals surface area contributed by atoms with Gasteiger partial charge in [0.15, 0.2) is 0 Å². The zero-order valence-electron chi connectivity index (χ0n) is 7.71. The molecule has 1 N–H and O–H groups in total. The summed E-state index contributed by atoms with van der Waals surface area (Å²) < 4.78 is 3.01. The number of hydrogen-bond acceptors (Lipinski definition) is 2.